The summed E-state index contributed by atoms with van der Waals surface area (Å²) in [6.45, 7) is 0.195. The molecule has 0 saturated carbocycles. The average Bonchev–Trinajstić information content (AvgIpc) is 2.40. The highest BCUT2D eigenvalue weighted by atomic mass is 19.1. The zero-order valence-electron chi connectivity index (χ0n) is 10.4. The maximum absolute atomic E-state index is 13.3. The normalized spacial score (nSPS) is 10.2. The topological polar surface area (TPSA) is 55.1 Å². The van der Waals surface area contributed by atoms with Crippen molar-refractivity contribution in [3.63, 3.8) is 0 Å². The number of rotatable bonds is 4. The third-order valence-corrected chi connectivity index (χ3v) is 2.78. The summed E-state index contributed by atoms with van der Waals surface area (Å²) >= 11 is 0. The molecule has 98 valence electrons. The summed E-state index contributed by atoms with van der Waals surface area (Å²) in [7, 11) is 0. The van der Waals surface area contributed by atoms with Gasteiger partial charge in [0.25, 0.3) is 0 Å². The molecule has 0 spiro atoms. The highest BCUT2D eigenvalue weighted by Crippen LogP contribution is 2.07. The number of carbonyl (C=O) groups is 1. The van der Waals surface area contributed by atoms with Crippen LogP contribution in [0.3, 0.4) is 0 Å². The van der Waals surface area contributed by atoms with E-state index in [2.05, 4.69) is 5.32 Å². The van der Waals surface area contributed by atoms with Gasteiger partial charge in [-0.25, -0.2) is 4.39 Å². The molecule has 2 aromatic rings. The van der Waals surface area contributed by atoms with Crippen molar-refractivity contribution >= 4 is 11.6 Å². The lowest BCUT2D eigenvalue weighted by Gasteiger charge is -2.06. The second kappa shape index (κ2) is 6.00. The van der Waals surface area contributed by atoms with Gasteiger partial charge in [0, 0.05) is 17.8 Å². The number of anilines is 1. The third-order valence-electron chi connectivity index (χ3n) is 2.78. The number of amides is 1. The lowest BCUT2D eigenvalue weighted by atomic mass is 10.1. The molecular formula is C15H15FN2O. The summed E-state index contributed by atoms with van der Waals surface area (Å²) in [5.74, 6) is -0.455. The zero-order chi connectivity index (χ0) is 13.7. The minimum atomic E-state index is -0.310. The molecule has 0 bridgehead atoms. The van der Waals surface area contributed by atoms with E-state index in [0.717, 1.165) is 5.56 Å². The minimum absolute atomic E-state index is 0.145. The molecule has 0 radical (unpaired) electrons. The summed E-state index contributed by atoms with van der Waals surface area (Å²) < 4.78 is 13.3. The van der Waals surface area contributed by atoms with Gasteiger partial charge in [-0.2, -0.15) is 0 Å². The molecule has 3 N–H and O–H groups in total. The molecule has 3 nitrogen and oxygen atoms in total. The predicted molar refractivity (Wildman–Crippen MR) is 72.8 cm³/mol. The predicted octanol–water partition coefficient (Wildman–Crippen LogP) is 2.27. The van der Waals surface area contributed by atoms with Crippen molar-refractivity contribution in [2.75, 3.05) is 5.73 Å². The first-order valence-electron chi connectivity index (χ1n) is 5.99. The largest absolute Gasteiger partial charge is 0.399 e. The van der Waals surface area contributed by atoms with Gasteiger partial charge in [-0.15, -0.1) is 0 Å². The van der Waals surface area contributed by atoms with Gasteiger partial charge in [-0.3, -0.25) is 4.79 Å². The van der Waals surface area contributed by atoms with E-state index in [9.17, 15) is 9.18 Å². The number of nitrogen functional groups attached to an aromatic ring is 1. The van der Waals surface area contributed by atoms with E-state index in [1.165, 1.54) is 6.07 Å². The second-order valence-electron chi connectivity index (χ2n) is 4.29. The van der Waals surface area contributed by atoms with E-state index in [4.69, 9.17) is 5.73 Å². The fraction of sp³-hybridized carbons (Fsp3) is 0.133. The van der Waals surface area contributed by atoms with Crippen LogP contribution in [0.2, 0.25) is 0 Å². The number of carbonyl (C=O) groups excluding carboxylic acids is 1. The van der Waals surface area contributed by atoms with E-state index in [-0.39, 0.29) is 24.7 Å². The van der Waals surface area contributed by atoms with Gasteiger partial charge < -0.3 is 11.1 Å². The van der Waals surface area contributed by atoms with E-state index in [1.54, 1.807) is 42.5 Å². The summed E-state index contributed by atoms with van der Waals surface area (Å²) in [6, 6.07) is 13.5. The molecule has 2 rings (SSSR count). The van der Waals surface area contributed by atoms with Crippen LogP contribution in [0.4, 0.5) is 10.1 Å². The van der Waals surface area contributed by atoms with Crippen LogP contribution in [-0.4, -0.2) is 5.91 Å². The van der Waals surface area contributed by atoms with Gasteiger partial charge in [0.15, 0.2) is 0 Å². The van der Waals surface area contributed by atoms with Crippen molar-refractivity contribution < 1.29 is 9.18 Å². The smallest absolute Gasteiger partial charge is 0.224 e. The Balaban J connectivity index is 1.88. The number of halogens is 1. The molecule has 4 heteroatoms. The first kappa shape index (κ1) is 13.1. The van der Waals surface area contributed by atoms with E-state index >= 15 is 0 Å². The van der Waals surface area contributed by atoms with Crippen LogP contribution < -0.4 is 11.1 Å². The highest BCUT2D eigenvalue weighted by molar-refractivity contribution is 5.78. The number of hydrogen-bond donors (Lipinski definition) is 2. The maximum atomic E-state index is 13.3. The molecule has 0 saturated heterocycles. The SMILES string of the molecule is Nc1ccc(CC(=O)NCc2ccccc2F)cc1. The van der Waals surface area contributed by atoms with Crippen molar-refractivity contribution in [3.05, 3.63) is 65.5 Å². The molecular weight excluding hydrogens is 243 g/mol. The zero-order valence-corrected chi connectivity index (χ0v) is 10.4. The van der Waals surface area contributed by atoms with Crippen molar-refractivity contribution in [2.45, 2.75) is 13.0 Å². The molecule has 0 aromatic heterocycles. The van der Waals surface area contributed by atoms with Crippen LogP contribution >= 0.6 is 0 Å². The summed E-state index contributed by atoms with van der Waals surface area (Å²) in [6.07, 6.45) is 0.259. The monoisotopic (exact) mass is 258 g/mol. The van der Waals surface area contributed by atoms with Gasteiger partial charge in [0.2, 0.25) is 5.91 Å². The lowest BCUT2D eigenvalue weighted by Crippen LogP contribution is -2.25. The number of nitrogens with two attached hydrogens (primary N) is 1. The van der Waals surface area contributed by atoms with Crippen LogP contribution in [-0.2, 0) is 17.8 Å². The first-order valence-corrected chi connectivity index (χ1v) is 5.99. The fourth-order valence-corrected chi connectivity index (χ4v) is 1.72. The Morgan fingerprint density at radius 2 is 1.79 bits per heavy atom. The summed E-state index contributed by atoms with van der Waals surface area (Å²) in [4.78, 5) is 11.7. The van der Waals surface area contributed by atoms with Crippen LogP contribution in [0.25, 0.3) is 0 Å². The first-order chi connectivity index (χ1) is 9.15. The average molecular weight is 258 g/mol. The Morgan fingerprint density at radius 3 is 2.47 bits per heavy atom. The summed E-state index contributed by atoms with van der Waals surface area (Å²) in [5, 5.41) is 2.69. The van der Waals surface area contributed by atoms with Crippen LogP contribution in [0, 0.1) is 5.82 Å². The van der Waals surface area contributed by atoms with Gasteiger partial charge >= 0.3 is 0 Å². The Bertz CT molecular complexity index is 567. The Morgan fingerprint density at radius 1 is 1.11 bits per heavy atom. The standard InChI is InChI=1S/C15H15FN2O/c16-14-4-2-1-3-12(14)10-18-15(19)9-11-5-7-13(17)8-6-11/h1-8H,9-10,17H2,(H,18,19). The second-order valence-corrected chi connectivity index (χ2v) is 4.29. The molecule has 0 aliphatic rings. The van der Waals surface area contributed by atoms with Crippen LogP contribution in [0.15, 0.2) is 48.5 Å². The highest BCUT2D eigenvalue weighted by Gasteiger charge is 2.05. The van der Waals surface area contributed by atoms with Gasteiger partial charge in [-0.05, 0) is 23.8 Å². The fourth-order valence-electron chi connectivity index (χ4n) is 1.72. The van der Waals surface area contributed by atoms with Crippen LogP contribution in [0.5, 0.6) is 0 Å². The molecule has 0 aliphatic carbocycles. The van der Waals surface area contributed by atoms with Crippen LogP contribution in [0.1, 0.15) is 11.1 Å². The molecule has 0 fully saturated rings. The number of hydrogen-bond acceptors (Lipinski definition) is 2. The molecule has 0 aliphatic heterocycles. The third kappa shape index (κ3) is 3.81. The molecule has 1 amide bonds. The van der Waals surface area contributed by atoms with Gasteiger partial charge in [0.1, 0.15) is 5.82 Å². The maximum Gasteiger partial charge on any atom is 0.224 e. The molecule has 0 unspecified atom stereocenters. The molecule has 0 atom stereocenters. The molecule has 2 aromatic carbocycles. The Hall–Kier alpha value is -2.36. The van der Waals surface area contributed by atoms with Crippen molar-refractivity contribution in [1.82, 2.24) is 5.32 Å². The van der Waals surface area contributed by atoms with E-state index in [0.29, 0.717) is 11.3 Å². The summed E-state index contributed by atoms with van der Waals surface area (Å²) in [5.41, 5.74) is 7.58. The Labute approximate surface area is 111 Å². The van der Waals surface area contributed by atoms with Gasteiger partial charge in [0.05, 0.1) is 6.42 Å². The minimum Gasteiger partial charge on any atom is -0.399 e. The van der Waals surface area contributed by atoms with Crippen molar-refractivity contribution in [3.8, 4) is 0 Å². The molecule has 0 heterocycles. The number of benzene rings is 2. The van der Waals surface area contributed by atoms with E-state index < -0.39 is 0 Å². The van der Waals surface area contributed by atoms with Crippen molar-refractivity contribution in [1.29, 1.82) is 0 Å². The van der Waals surface area contributed by atoms with E-state index in [1.807, 2.05) is 0 Å². The van der Waals surface area contributed by atoms with Crippen molar-refractivity contribution in [2.24, 2.45) is 0 Å². The molecule has 19 heavy (non-hydrogen) atoms. The number of nitrogens with one attached hydrogen (secondary N) is 1. The lowest BCUT2D eigenvalue weighted by molar-refractivity contribution is -0.120. The quantitative estimate of drug-likeness (QED) is 0.826. The van der Waals surface area contributed by atoms with Gasteiger partial charge in [-0.1, -0.05) is 30.3 Å². The Kier molecular flexibility index (Phi) is 4.13.